The number of ether oxygens (including phenoxy) is 1. The largest absolute Gasteiger partial charge is 0.465 e. The Morgan fingerprint density at radius 3 is 2.28 bits per heavy atom. The monoisotopic (exact) mass is 529 g/mol. The molecule has 1 N–H and O–H groups in total. The lowest BCUT2D eigenvalue weighted by Gasteiger charge is -2.28. The normalized spacial score (nSPS) is 22.6. The number of amides is 1. The highest BCUT2D eigenvalue weighted by Gasteiger charge is 2.34. The molecule has 0 spiro atoms. The molecule has 1 amide bonds. The second kappa shape index (κ2) is 12.2. The Hall–Kier alpha value is -3.46. The third-order valence-corrected chi connectivity index (χ3v) is 7.86. The summed E-state index contributed by atoms with van der Waals surface area (Å²) in [6.07, 6.45) is 1.88. The van der Waals surface area contributed by atoms with Crippen molar-refractivity contribution >= 4 is 17.7 Å². The molecule has 0 aliphatic heterocycles. The number of Topliss-reactive ketones (excluding diaryl/α,β-unsaturated/α-hetero) is 1. The van der Waals surface area contributed by atoms with Gasteiger partial charge in [0.1, 0.15) is 18.4 Å². The van der Waals surface area contributed by atoms with Gasteiger partial charge in [-0.1, -0.05) is 76.2 Å². The van der Waals surface area contributed by atoms with E-state index in [0.29, 0.717) is 19.3 Å². The molecule has 4 rings (SSSR count). The van der Waals surface area contributed by atoms with Gasteiger partial charge in [-0.05, 0) is 59.2 Å². The molecule has 0 saturated heterocycles. The van der Waals surface area contributed by atoms with Crippen LogP contribution in [0.1, 0.15) is 84.6 Å². The van der Waals surface area contributed by atoms with Gasteiger partial charge in [0.2, 0.25) is 5.91 Å². The lowest BCUT2D eigenvalue weighted by Crippen LogP contribution is -2.42. The van der Waals surface area contributed by atoms with Crippen molar-refractivity contribution in [2.75, 3.05) is 6.61 Å². The van der Waals surface area contributed by atoms with E-state index in [0.717, 1.165) is 22.3 Å². The average molecular weight is 530 g/mol. The molecule has 0 aromatic heterocycles. The summed E-state index contributed by atoms with van der Waals surface area (Å²) in [6.45, 7) is 7.96. The fraction of sp³-hybridized carbons (Fsp3) is 0.515. The third-order valence-electron chi connectivity index (χ3n) is 7.86. The number of nitriles is 1. The Labute approximate surface area is 233 Å². The Morgan fingerprint density at radius 2 is 1.72 bits per heavy atom. The summed E-state index contributed by atoms with van der Waals surface area (Å²) in [4.78, 5) is 39.0. The fourth-order valence-corrected chi connectivity index (χ4v) is 5.95. The topological polar surface area (TPSA) is 96.3 Å². The molecule has 4 atom stereocenters. The van der Waals surface area contributed by atoms with Crippen LogP contribution in [0.4, 0.5) is 0 Å². The predicted octanol–water partition coefficient (Wildman–Crippen LogP) is 6.19. The van der Waals surface area contributed by atoms with Crippen molar-refractivity contribution in [3.63, 3.8) is 0 Å². The Bertz CT molecular complexity index is 1260. The Kier molecular flexibility index (Phi) is 8.45. The first-order valence-electron chi connectivity index (χ1n) is 14.4. The molecule has 206 valence electrons. The minimum atomic E-state index is -0.832. The predicted molar refractivity (Wildman–Crippen MR) is 151 cm³/mol. The van der Waals surface area contributed by atoms with Crippen LogP contribution in [0.3, 0.4) is 0 Å². The fourth-order valence-electron chi connectivity index (χ4n) is 5.95. The Balaban J connectivity index is 1.39. The summed E-state index contributed by atoms with van der Waals surface area (Å²) < 4.78 is 13.9. The number of carbonyl (C=O) groups is 3. The average Bonchev–Trinajstić information content (AvgIpc) is 3.20. The minimum Gasteiger partial charge on any atom is -0.465 e. The highest BCUT2D eigenvalue weighted by Crippen LogP contribution is 2.44. The van der Waals surface area contributed by atoms with Gasteiger partial charge in [0, 0.05) is 25.5 Å². The van der Waals surface area contributed by atoms with Crippen LogP contribution in [0.5, 0.6) is 0 Å². The van der Waals surface area contributed by atoms with Crippen molar-refractivity contribution in [1.29, 1.82) is 5.26 Å². The van der Waals surface area contributed by atoms with E-state index in [1.807, 2.05) is 45.0 Å². The number of hydrogen-bond donors (Lipinski definition) is 1. The van der Waals surface area contributed by atoms with Crippen LogP contribution in [0.15, 0.2) is 48.5 Å². The summed E-state index contributed by atoms with van der Waals surface area (Å²) in [7, 11) is 0. The molecule has 0 heterocycles. The molecule has 2 aliphatic carbocycles. The lowest BCUT2D eigenvalue weighted by molar-refractivity contribution is -0.147. The van der Waals surface area contributed by atoms with Gasteiger partial charge < -0.3 is 10.1 Å². The first-order chi connectivity index (χ1) is 18.9. The van der Waals surface area contributed by atoms with Crippen LogP contribution >= 0.6 is 0 Å². The molecule has 0 bridgehead atoms. The van der Waals surface area contributed by atoms with Crippen molar-refractivity contribution in [2.45, 2.75) is 78.2 Å². The van der Waals surface area contributed by atoms with Gasteiger partial charge in [-0.3, -0.25) is 14.4 Å². The number of benzene rings is 2. The molecule has 2 aliphatic rings. The molecule has 1 fully saturated rings. The van der Waals surface area contributed by atoms with Gasteiger partial charge in [0.15, 0.2) is 0 Å². The van der Waals surface area contributed by atoms with Crippen LogP contribution in [0.25, 0.3) is 11.1 Å². The first kappa shape index (κ1) is 27.1. The van der Waals surface area contributed by atoms with Crippen LogP contribution in [0, 0.1) is 34.5 Å². The highest BCUT2D eigenvalue weighted by atomic mass is 16.5. The lowest BCUT2D eigenvalue weighted by atomic mass is 9.79. The summed E-state index contributed by atoms with van der Waals surface area (Å²) in [5, 5.41) is 12.6. The maximum atomic E-state index is 13.4. The highest BCUT2D eigenvalue weighted by molar-refractivity contribution is 5.85. The SMILES string of the molecule is [2H]C1(C)CC[C@@H](C[C@@H](C#N)NC(=O)[C@@H](CC(=O)OCC2c3ccccc3-c3ccccc32)CC(C)(C)C)C(=O)C1. The standard InChI is InChI=1S/C33H40N2O4/c1-21-13-14-22(30(36)15-21)16-24(19-34)35-32(38)23(18-33(2,3)4)17-31(37)39-20-29-27-11-7-5-9-25(27)26-10-6-8-12-28(26)29/h5-12,21-24,29H,13-18,20H2,1-4H3,(H,35,38)/t21?,22-,23-,24-/m0/s1/i21D. The van der Waals surface area contributed by atoms with Crippen molar-refractivity contribution in [2.24, 2.45) is 23.1 Å². The molecule has 2 aromatic rings. The van der Waals surface area contributed by atoms with Gasteiger partial charge in [0.05, 0.1) is 12.5 Å². The van der Waals surface area contributed by atoms with E-state index < -0.39 is 23.8 Å². The van der Waals surface area contributed by atoms with Crippen molar-refractivity contribution < 1.29 is 20.5 Å². The third kappa shape index (κ3) is 7.15. The summed E-state index contributed by atoms with van der Waals surface area (Å²) in [6, 6.07) is 17.6. The van der Waals surface area contributed by atoms with Crippen molar-refractivity contribution in [3.05, 3.63) is 59.7 Å². The second-order valence-corrected chi connectivity index (χ2v) is 12.3. The number of rotatable bonds is 9. The van der Waals surface area contributed by atoms with Crippen molar-refractivity contribution in [3.8, 4) is 17.2 Å². The molecule has 0 radical (unpaired) electrons. The molecule has 1 unspecified atom stereocenters. The molecule has 6 heteroatoms. The molecule has 39 heavy (non-hydrogen) atoms. The molecule has 1 saturated carbocycles. The van der Waals surface area contributed by atoms with Crippen LogP contribution in [0.2, 0.25) is 0 Å². The van der Waals surface area contributed by atoms with Crippen LogP contribution in [-0.2, 0) is 19.1 Å². The van der Waals surface area contributed by atoms with Gasteiger partial charge in [-0.15, -0.1) is 0 Å². The van der Waals surface area contributed by atoms with Crippen LogP contribution < -0.4 is 5.32 Å². The maximum Gasteiger partial charge on any atom is 0.306 e. The second-order valence-electron chi connectivity index (χ2n) is 12.3. The van der Waals surface area contributed by atoms with Crippen molar-refractivity contribution in [1.82, 2.24) is 5.32 Å². The zero-order valence-electron chi connectivity index (χ0n) is 24.5. The molecular weight excluding hydrogens is 488 g/mol. The minimum absolute atomic E-state index is 0.0249. The van der Waals surface area contributed by atoms with E-state index in [4.69, 9.17) is 6.11 Å². The molecule has 6 nitrogen and oxygen atoms in total. The quantitative estimate of drug-likeness (QED) is 0.391. The van der Waals surface area contributed by atoms with E-state index in [2.05, 4.69) is 35.7 Å². The number of esters is 1. The summed E-state index contributed by atoms with van der Waals surface area (Å²) >= 11 is 0. The van der Waals surface area contributed by atoms with Crippen LogP contribution in [-0.4, -0.2) is 30.3 Å². The zero-order chi connectivity index (χ0) is 29.1. The smallest absolute Gasteiger partial charge is 0.306 e. The summed E-state index contributed by atoms with van der Waals surface area (Å²) in [5.74, 6) is -2.67. The van der Waals surface area contributed by atoms with Gasteiger partial charge in [-0.25, -0.2) is 0 Å². The first-order valence-corrected chi connectivity index (χ1v) is 13.9. The van der Waals surface area contributed by atoms with E-state index in [1.165, 1.54) is 0 Å². The number of ketones is 1. The Morgan fingerprint density at radius 1 is 1.10 bits per heavy atom. The summed E-state index contributed by atoms with van der Waals surface area (Å²) in [5.41, 5.74) is 4.32. The van der Waals surface area contributed by atoms with Gasteiger partial charge in [0.25, 0.3) is 0 Å². The van der Waals surface area contributed by atoms with E-state index >= 15 is 0 Å². The molecular formula is C33H40N2O4. The van der Waals surface area contributed by atoms with E-state index in [9.17, 15) is 19.6 Å². The molecule has 2 aromatic carbocycles. The van der Waals surface area contributed by atoms with Gasteiger partial charge in [-0.2, -0.15) is 5.26 Å². The number of carbonyl (C=O) groups excluding carboxylic acids is 3. The van der Waals surface area contributed by atoms with E-state index in [-0.39, 0.29) is 54.8 Å². The number of nitrogens with one attached hydrogen (secondary N) is 1. The number of nitrogens with zero attached hydrogens (tertiary/aromatic N) is 1. The number of hydrogen-bond acceptors (Lipinski definition) is 5. The van der Waals surface area contributed by atoms with Gasteiger partial charge >= 0.3 is 5.97 Å². The number of fused-ring (bicyclic) bond motifs is 3. The zero-order valence-corrected chi connectivity index (χ0v) is 23.5. The van der Waals surface area contributed by atoms with E-state index in [1.54, 1.807) is 6.92 Å². The maximum absolute atomic E-state index is 13.4.